The number of carbonyl (C=O) groups is 3. The van der Waals surface area contributed by atoms with Crippen molar-refractivity contribution < 1.29 is 14.4 Å². The van der Waals surface area contributed by atoms with Gasteiger partial charge in [-0.15, -0.1) is 0 Å². The lowest BCUT2D eigenvalue weighted by Crippen LogP contribution is -2.43. The fourth-order valence-electron chi connectivity index (χ4n) is 1.73. The molecule has 4 amide bonds. The summed E-state index contributed by atoms with van der Waals surface area (Å²) < 4.78 is 0. The molecule has 1 rings (SSSR count). The van der Waals surface area contributed by atoms with E-state index in [1.54, 1.807) is 0 Å². The number of carbonyl (C=O) groups excluding carboxylic acids is 3. The van der Waals surface area contributed by atoms with Crippen LogP contribution < -0.4 is 16.4 Å². The van der Waals surface area contributed by atoms with E-state index in [-0.39, 0.29) is 18.2 Å². The summed E-state index contributed by atoms with van der Waals surface area (Å²) in [6.45, 7) is 3.13. The van der Waals surface area contributed by atoms with Crippen LogP contribution >= 0.6 is 0 Å². The first-order chi connectivity index (χ1) is 8.06. The second-order valence-electron chi connectivity index (χ2n) is 3.89. The first kappa shape index (κ1) is 13.4. The van der Waals surface area contributed by atoms with Crippen LogP contribution in [0.15, 0.2) is 0 Å². The highest BCUT2D eigenvalue weighted by atomic mass is 16.2. The molecule has 0 bridgehead atoms. The van der Waals surface area contributed by atoms with Crippen molar-refractivity contribution in [3.8, 4) is 0 Å². The van der Waals surface area contributed by atoms with Crippen LogP contribution in [-0.4, -0.2) is 48.4 Å². The van der Waals surface area contributed by atoms with Crippen molar-refractivity contribution in [1.82, 2.24) is 15.5 Å². The molecule has 7 heteroatoms. The van der Waals surface area contributed by atoms with E-state index in [1.807, 2.05) is 6.92 Å². The van der Waals surface area contributed by atoms with E-state index in [2.05, 4.69) is 10.6 Å². The molecule has 0 radical (unpaired) electrons. The van der Waals surface area contributed by atoms with Gasteiger partial charge in [0.25, 0.3) is 0 Å². The summed E-state index contributed by atoms with van der Waals surface area (Å²) in [5.74, 6) is -0.326. The van der Waals surface area contributed by atoms with Gasteiger partial charge in [-0.2, -0.15) is 0 Å². The molecule has 96 valence electrons. The summed E-state index contributed by atoms with van der Waals surface area (Å²) in [7, 11) is 0. The van der Waals surface area contributed by atoms with Crippen molar-refractivity contribution in [3.63, 3.8) is 0 Å². The van der Waals surface area contributed by atoms with E-state index >= 15 is 0 Å². The lowest BCUT2D eigenvalue weighted by atomic mass is 10.2. The zero-order valence-electron chi connectivity index (χ0n) is 9.86. The highest BCUT2D eigenvalue weighted by Crippen LogP contribution is 2.12. The SMILES string of the molecule is CCCN1C(=O)CC(NCCNC(N)=O)C1=O. The Morgan fingerprint density at radius 3 is 2.76 bits per heavy atom. The van der Waals surface area contributed by atoms with Crippen LogP contribution in [-0.2, 0) is 9.59 Å². The van der Waals surface area contributed by atoms with Gasteiger partial charge in [-0.1, -0.05) is 6.92 Å². The maximum atomic E-state index is 11.8. The number of urea groups is 1. The third-order valence-electron chi connectivity index (χ3n) is 2.51. The number of nitrogens with one attached hydrogen (secondary N) is 2. The first-order valence-corrected chi connectivity index (χ1v) is 5.67. The Kier molecular flexibility index (Phi) is 4.89. The molecule has 17 heavy (non-hydrogen) atoms. The molecule has 1 atom stereocenters. The lowest BCUT2D eigenvalue weighted by Gasteiger charge is -2.14. The van der Waals surface area contributed by atoms with Crippen molar-refractivity contribution in [2.24, 2.45) is 5.73 Å². The van der Waals surface area contributed by atoms with Gasteiger partial charge in [0, 0.05) is 19.6 Å². The van der Waals surface area contributed by atoms with Gasteiger partial charge in [-0.05, 0) is 6.42 Å². The van der Waals surface area contributed by atoms with Crippen LogP contribution in [0.3, 0.4) is 0 Å². The largest absolute Gasteiger partial charge is 0.352 e. The maximum absolute atomic E-state index is 11.8. The highest BCUT2D eigenvalue weighted by Gasteiger charge is 2.37. The topological polar surface area (TPSA) is 105 Å². The molecule has 1 heterocycles. The van der Waals surface area contributed by atoms with E-state index in [0.717, 1.165) is 6.42 Å². The van der Waals surface area contributed by atoms with Gasteiger partial charge in [0.2, 0.25) is 11.8 Å². The van der Waals surface area contributed by atoms with Crippen molar-refractivity contribution in [3.05, 3.63) is 0 Å². The van der Waals surface area contributed by atoms with Crippen molar-refractivity contribution in [2.45, 2.75) is 25.8 Å². The van der Waals surface area contributed by atoms with Crippen LogP contribution in [0.25, 0.3) is 0 Å². The van der Waals surface area contributed by atoms with E-state index in [1.165, 1.54) is 4.90 Å². The Bertz CT molecular complexity index is 319. The molecule has 0 saturated carbocycles. The molecule has 0 aliphatic carbocycles. The number of rotatable bonds is 6. The normalized spacial score (nSPS) is 19.8. The number of primary amides is 1. The average Bonchev–Trinajstić information content (AvgIpc) is 2.52. The van der Waals surface area contributed by atoms with Gasteiger partial charge < -0.3 is 16.4 Å². The van der Waals surface area contributed by atoms with Crippen LogP contribution in [0.5, 0.6) is 0 Å². The zero-order chi connectivity index (χ0) is 12.8. The van der Waals surface area contributed by atoms with Gasteiger partial charge >= 0.3 is 6.03 Å². The van der Waals surface area contributed by atoms with Gasteiger partial charge in [-0.25, -0.2) is 4.79 Å². The Balaban J connectivity index is 2.33. The van der Waals surface area contributed by atoms with E-state index in [9.17, 15) is 14.4 Å². The van der Waals surface area contributed by atoms with Crippen LogP contribution in [0, 0.1) is 0 Å². The molecule has 0 aromatic rings. The number of likely N-dealkylation sites (tertiary alicyclic amines) is 1. The Morgan fingerprint density at radius 1 is 1.47 bits per heavy atom. The molecule has 0 spiro atoms. The second kappa shape index (κ2) is 6.19. The average molecular weight is 242 g/mol. The number of nitrogens with two attached hydrogens (primary N) is 1. The number of hydrogen-bond acceptors (Lipinski definition) is 4. The minimum Gasteiger partial charge on any atom is -0.352 e. The number of imide groups is 1. The molecule has 4 N–H and O–H groups in total. The minimum atomic E-state index is -0.603. The third-order valence-corrected chi connectivity index (χ3v) is 2.51. The van der Waals surface area contributed by atoms with Crippen LogP contribution in [0.2, 0.25) is 0 Å². The molecule has 1 fully saturated rings. The third kappa shape index (κ3) is 3.70. The van der Waals surface area contributed by atoms with Gasteiger partial charge in [-0.3, -0.25) is 14.5 Å². The molecule has 1 aliphatic rings. The second-order valence-corrected chi connectivity index (χ2v) is 3.89. The smallest absolute Gasteiger partial charge is 0.312 e. The summed E-state index contributed by atoms with van der Waals surface area (Å²) in [5, 5.41) is 5.32. The Labute approximate surface area is 99.7 Å². The number of hydrogen-bond donors (Lipinski definition) is 3. The Hall–Kier alpha value is -1.63. The van der Waals surface area contributed by atoms with Crippen LogP contribution in [0.4, 0.5) is 4.79 Å². The first-order valence-electron chi connectivity index (χ1n) is 5.67. The summed E-state index contributed by atoms with van der Waals surface area (Å²) in [6.07, 6.45) is 0.947. The number of amides is 4. The summed E-state index contributed by atoms with van der Waals surface area (Å²) in [4.78, 5) is 34.9. The van der Waals surface area contributed by atoms with E-state index in [0.29, 0.717) is 19.6 Å². The molecule has 1 unspecified atom stereocenters. The molecule has 0 aromatic heterocycles. The predicted molar refractivity (Wildman–Crippen MR) is 61.0 cm³/mol. The highest BCUT2D eigenvalue weighted by molar-refractivity contribution is 6.05. The molecular formula is C10H18N4O3. The zero-order valence-corrected chi connectivity index (χ0v) is 9.86. The van der Waals surface area contributed by atoms with E-state index < -0.39 is 12.1 Å². The van der Waals surface area contributed by atoms with Crippen molar-refractivity contribution in [1.29, 1.82) is 0 Å². The molecule has 1 aliphatic heterocycles. The molecular weight excluding hydrogens is 224 g/mol. The summed E-state index contributed by atoms with van der Waals surface area (Å²) in [6, 6.07) is -1.07. The van der Waals surface area contributed by atoms with Crippen molar-refractivity contribution in [2.75, 3.05) is 19.6 Å². The maximum Gasteiger partial charge on any atom is 0.312 e. The minimum absolute atomic E-state index is 0.141. The molecule has 1 saturated heterocycles. The van der Waals surface area contributed by atoms with E-state index in [4.69, 9.17) is 5.73 Å². The predicted octanol–water partition coefficient (Wildman–Crippen LogP) is -1.22. The van der Waals surface area contributed by atoms with Crippen LogP contribution in [0.1, 0.15) is 19.8 Å². The molecule has 7 nitrogen and oxygen atoms in total. The quantitative estimate of drug-likeness (QED) is 0.401. The lowest BCUT2D eigenvalue weighted by molar-refractivity contribution is -0.138. The Morgan fingerprint density at radius 2 is 2.18 bits per heavy atom. The monoisotopic (exact) mass is 242 g/mol. The standard InChI is InChI=1S/C10H18N4O3/c1-2-5-14-8(15)6-7(9(14)16)12-3-4-13-10(11)17/h7,12H,2-6H2,1H3,(H3,11,13,17). The fraction of sp³-hybridized carbons (Fsp3) is 0.700. The molecule has 0 aromatic carbocycles. The summed E-state index contributed by atoms with van der Waals surface area (Å²) in [5.41, 5.74) is 4.89. The number of nitrogens with zero attached hydrogens (tertiary/aromatic N) is 1. The van der Waals surface area contributed by atoms with Gasteiger partial charge in [0.1, 0.15) is 0 Å². The van der Waals surface area contributed by atoms with Gasteiger partial charge in [0.15, 0.2) is 0 Å². The van der Waals surface area contributed by atoms with Gasteiger partial charge in [0.05, 0.1) is 12.5 Å². The fourth-order valence-corrected chi connectivity index (χ4v) is 1.73. The van der Waals surface area contributed by atoms with Crippen molar-refractivity contribution >= 4 is 17.8 Å². The summed E-state index contributed by atoms with van der Waals surface area (Å²) >= 11 is 0.